The Morgan fingerprint density at radius 3 is 3.09 bits per heavy atom. The molecule has 1 aliphatic carbocycles. The van der Waals surface area contributed by atoms with Crippen LogP contribution >= 0.6 is 38.9 Å². The van der Waals surface area contributed by atoms with E-state index in [1.54, 1.807) is 6.07 Å². The Balaban J connectivity index is 1.50. The van der Waals surface area contributed by atoms with Crippen LogP contribution in [0, 0.1) is 0 Å². The van der Waals surface area contributed by atoms with Gasteiger partial charge in [-0.3, -0.25) is 0 Å². The first-order valence-corrected chi connectivity index (χ1v) is 8.69. The van der Waals surface area contributed by atoms with E-state index in [4.69, 9.17) is 20.9 Å². The fourth-order valence-corrected chi connectivity index (χ4v) is 3.82. The van der Waals surface area contributed by atoms with Crippen LogP contribution in [-0.2, 0) is 11.3 Å². The number of aromatic nitrogens is 2. The summed E-state index contributed by atoms with van der Waals surface area (Å²) < 4.78 is 12.0. The van der Waals surface area contributed by atoms with Crippen molar-refractivity contribution in [2.45, 2.75) is 25.4 Å². The number of halogens is 2. The highest BCUT2D eigenvalue weighted by Crippen LogP contribution is 2.43. The topological polar surface area (TPSA) is 68.1 Å². The van der Waals surface area contributed by atoms with E-state index in [0.29, 0.717) is 20.6 Å². The van der Waals surface area contributed by atoms with E-state index < -0.39 is 5.97 Å². The van der Waals surface area contributed by atoms with Crippen molar-refractivity contribution in [3.8, 4) is 0 Å². The normalized spacial score (nSPS) is 14.6. The van der Waals surface area contributed by atoms with Crippen molar-refractivity contribution in [3.05, 3.63) is 38.1 Å². The van der Waals surface area contributed by atoms with E-state index >= 15 is 0 Å². The van der Waals surface area contributed by atoms with Crippen LogP contribution in [0.25, 0.3) is 10.2 Å². The predicted molar refractivity (Wildman–Crippen MR) is 86.5 cm³/mol. The molecule has 4 rings (SSSR count). The van der Waals surface area contributed by atoms with Gasteiger partial charge in [-0.25, -0.2) is 4.79 Å². The first-order chi connectivity index (χ1) is 10.6. The zero-order valence-electron chi connectivity index (χ0n) is 11.2. The van der Waals surface area contributed by atoms with E-state index in [1.807, 2.05) is 6.07 Å². The molecule has 0 saturated heterocycles. The highest BCUT2D eigenvalue weighted by atomic mass is 79.9. The number of rotatable bonds is 4. The molecule has 3 aromatic rings. The molecule has 0 amide bonds. The third-order valence-corrected chi connectivity index (χ3v) is 5.38. The Bertz CT molecular complexity index is 833. The molecule has 0 aromatic carbocycles. The van der Waals surface area contributed by atoms with Crippen LogP contribution < -0.4 is 0 Å². The van der Waals surface area contributed by atoms with Gasteiger partial charge in [-0.05, 0) is 40.9 Å². The average molecular weight is 402 g/mol. The summed E-state index contributed by atoms with van der Waals surface area (Å²) in [5, 5.41) is 4.80. The Hall–Kier alpha value is -1.31. The largest absolute Gasteiger partial charge is 0.456 e. The van der Waals surface area contributed by atoms with Crippen molar-refractivity contribution in [1.82, 2.24) is 10.1 Å². The van der Waals surface area contributed by atoms with Crippen molar-refractivity contribution < 1.29 is 14.1 Å². The van der Waals surface area contributed by atoms with E-state index in [2.05, 4.69) is 26.1 Å². The number of carbonyl (C=O) groups is 1. The molecule has 0 bridgehead atoms. The number of carbonyl (C=O) groups excluding carboxylic acids is 1. The summed E-state index contributed by atoms with van der Waals surface area (Å²) in [5.41, 5.74) is 1.23. The number of aromatic amines is 1. The minimum atomic E-state index is -0.408. The first kappa shape index (κ1) is 14.3. The summed E-state index contributed by atoms with van der Waals surface area (Å²) in [4.78, 5) is 16.0. The van der Waals surface area contributed by atoms with E-state index in [0.717, 1.165) is 34.4 Å². The quantitative estimate of drug-likeness (QED) is 0.633. The standard InChI is InChI=1S/C14H10BrClN2O3S/c15-12-8(11(21-18-12)6-1-2-6)5-20-14(19)9-3-7-4-10(16)22-13(7)17-9/h3-4,6,17H,1-2,5H2. The number of thiophene rings is 1. The van der Waals surface area contributed by atoms with Gasteiger partial charge in [0.05, 0.1) is 9.90 Å². The molecular weight excluding hydrogens is 392 g/mol. The second-order valence-electron chi connectivity index (χ2n) is 5.18. The van der Waals surface area contributed by atoms with Crippen LogP contribution in [-0.4, -0.2) is 16.1 Å². The van der Waals surface area contributed by atoms with Crippen LogP contribution in [0.2, 0.25) is 4.34 Å². The third kappa shape index (κ3) is 2.57. The van der Waals surface area contributed by atoms with Crippen molar-refractivity contribution in [2.24, 2.45) is 0 Å². The maximum absolute atomic E-state index is 12.2. The Kier molecular flexibility index (Phi) is 3.51. The van der Waals surface area contributed by atoms with Gasteiger partial charge in [0.1, 0.15) is 22.9 Å². The molecule has 22 heavy (non-hydrogen) atoms. The SMILES string of the molecule is O=C(OCc1c(Br)noc1C1CC1)c1cc2cc(Cl)sc2[nH]1. The molecule has 5 nitrogen and oxygen atoms in total. The molecule has 3 heterocycles. The zero-order chi connectivity index (χ0) is 15.3. The lowest BCUT2D eigenvalue weighted by Gasteiger charge is -2.03. The van der Waals surface area contributed by atoms with Crippen LogP contribution in [0.5, 0.6) is 0 Å². The number of fused-ring (bicyclic) bond motifs is 1. The highest BCUT2D eigenvalue weighted by molar-refractivity contribution is 9.10. The number of hydrogen-bond acceptors (Lipinski definition) is 5. The molecule has 3 aromatic heterocycles. The number of ether oxygens (including phenoxy) is 1. The average Bonchev–Trinajstić information content (AvgIpc) is 3.02. The van der Waals surface area contributed by atoms with Crippen molar-refractivity contribution in [3.63, 3.8) is 0 Å². The molecule has 1 aliphatic rings. The summed E-state index contributed by atoms with van der Waals surface area (Å²) in [6.45, 7) is 0.141. The van der Waals surface area contributed by atoms with Crippen molar-refractivity contribution in [2.75, 3.05) is 0 Å². The molecule has 1 fully saturated rings. The van der Waals surface area contributed by atoms with E-state index in [9.17, 15) is 4.79 Å². The van der Waals surface area contributed by atoms with Crippen molar-refractivity contribution in [1.29, 1.82) is 0 Å². The number of H-pyrrole nitrogens is 1. The van der Waals surface area contributed by atoms with Crippen LogP contribution in [0.3, 0.4) is 0 Å². The molecule has 0 unspecified atom stereocenters. The lowest BCUT2D eigenvalue weighted by Crippen LogP contribution is -2.06. The van der Waals surface area contributed by atoms with Crippen LogP contribution in [0.4, 0.5) is 0 Å². The summed E-state index contributed by atoms with van der Waals surface area (Å²) in [6.07, 6.45) is 2.19. The maximum atomic E-state index is 12.2. The van der Waals surface area contributed by atoms with Gasteiger partial charge >= 0.3 is 5.97 Å². The van der Waals surface area contributed by atoms with Gasteiger partial charge in [0, 0.05) is 11.3 Å². The summed E-state index contributed by atoms with van der Waals surface area (Å²) in [7, 11) is 0. The van der Waals surface area contributed by atoms with Gasteiger partial charge in [0.25, 0.3) is 0 Å². The van der Waals surface area contributed by atoms with Gasteiger partial charge in [-0.15, -0.1) is 11.3 Å². The lowest BCUT2D eigenvalue weighted by molar-refractivity contribution is 0.0464. The fraction of sp³-hybridized carbons (Fsp3) is 0.286. The Labute approximate surface area is 142 Å². The lowest BCUT2D eigenvalue weighted by atomic mass is 10.2. The molecule has 8 heteroatoms. The minimum Gasteiger partial charge on any atom is -0.456 e. The molecule has 1 N–H and O–H groups in total. The van der Waals surface area contributed by atoms with Gasteiger partial charge in [-0.1, -0.05) is 16.8 Å². The molecule has 0 aliphatic heterocycles. The molecule has 0 spiro atoms. The second kappa shape index (κ2) is 5.40. The number of nitrogens with zero attached hydrogens (tertiary/aromatic N) is 1. The maximum Gasteiger partial charge on any atom is 0.355 e. The zero-order valence-corrected chi connectivity index (χ0v) is 14.3. The smallest absolute Gasteiger partial charge is 0.355 e. The number of nitrogens with one attached hydrogen (secondary N) is 1. The predicted octanol–water partition coefficient (Wildman–Crippen LogP) is 4.87. The monoisotopic (exact) mass is 400 g/mol. The first-order valence-electron chi connectivity index (χ1n) is 6.71. The molecule has 1 saturated carbocycles. The fourth-order valence-electron chi connectivity index (χ4n) is 2.32. The summed E-state index contributed by atoms with van der Waals surface area (Å²) in [5.74, 6) is 0.818. The van der Waals surface area contributed by atoms with Gasteiger partial charge < -0.3 is 14.2 Å². The molecule has 114 valence electrons. The minimum absolute atomic E-state index is 0.141. The second-order valence-corrected chi connectivity index (χ2v) is 7.62. The summed E-state index contributed by atoms with van der Waals surface area (Å²) in [6, 6.07) is 3.56. The van der Waals surface area contributed by atoms with Gasteiger partial charge in [0.2, 0.25) is 0 Å². The van der Waals surface area contributed by atoms with E-state index in [-0.39, 0.29) is 6.61 Å². The summed E-state index contributed by atoms with van der Waals surface area (Å²) >= 11 is 10.6. The molecule has 0 radical (unpaired) electrons. The van der Waals surface area contributed by atoms with Crippen LogP contribution in [0.15, 0.2) is 21.3 Å². The van der Waals surface area contributed by atoms with E-state index in [1.165, 1.54) is 11.3 Å². The van der Waals surface area contributed by atoms with Gasteiger partial charge in [0.15, 0.2) is 4.60 Å². The number of hydrogen-bond donors (Lipinski definition) is 1. The third-order valence-electron chi connectivity index (χ3n) is 3.57. The number of esters is 1. The molecular formula is C14H10BrClN2O3S. The van der Waals surface area contributed by atoms with Crippen LogP contribution in [0.1, 0.15) is 40.6 Å². The Morgan fingerprint density at radius 1 is 1.55 bits per heavy atom. The Morgan fingerprint density at radius 2 is 2.36 bits per heavy atom. The van der Waals surface area contributed by atoms with Gasteiger partial charge in [-0.2, -0.15) is 0 Å². The van der Waals surface area contributed by atoms with Crippen molar-refractivity contribution >= 4 is 55.1 Å². The molecule has 0 atom stereocenters. The highest BCUT2D eigenvalue weighted by Gasteiger charge is 2.32.